The lowest BCUT2D eigenvalue weighted by Gasteiger charge is -2.12. The third-order valence-corrected chi connectivity index (χ3v) is 3.35. The molecule has 6 heteroatoms. The molecule has 4 nitrogen and oxygen atoms in total. The molecule has 1 heterocycles. The van der Waals surface area contributed by atoms with Gasteiger partial charge in [-0.1, -0.05) is 35.3 Å². The van der Waals surface area contributed by atoms with Crippen molar-refractivity contribution in [1.29, 1.82) is 0 Å². The molecular weight excluding hydrogens is 289 g/mol. The van der Waals surface area contributed by atoms with Crippen molar-refractivity contribution < 1.29 is 9.90 Å². The van der Waals surface area contributed by atoms with Crippen LogP contribution in [0.2, 0.25) is 10.0 Å². The molecule has 0 atom stereocenters. The van der Waals surface area contributed by atoms with Gasteiger partial charge in [0, 0.05) is 21.7 Å². The number of benzene rings is 1. The average molecular weight is 298 g/mol. The van der Waals surface area contributed by atoms with Crippen molar-refractivity contribution in [3.8, 4) is 0 Å². The van der Waals surface area contributed by atoms with Crippen LogP contribution in [0.4, 0.5) is 0 Å². The predicted octanol–water partition coefficient (Wildman–Crippen LogP) is 2.90. The fourth-order valence-corrected chi connectivity index (χ4v) is 2.23. The van der Waals surface area contributed by atoms with Crippen molar-refractivity contribution in [2.75, 3.05) is 0 Å². The Labute approximate surface area is 118 Å². The van der Waals surface area contributed by atoms with Crippen LogP contribution in [-0.4, -0.2) is 15.6 Å². The Kier molecular flexibility index (Phi) is 3.93. The zero-order valence-electron chi connectivity index (χ0n) is 9.64. The Bertz CT molecular complexity index is 674. The second-order valence-corrected chi connectivity index (χ2v) is 4.66. The van der Waals surface area contributed by atoms with Crippen LogP contribution in [-0.2, 0) is 6.54 Å². The highest BCUT2D eigenvalue weighted by molar-refractivity contribution is 6.35. The van der Waals surface area contributed by atoms with Crippen LogP contribution in [0.25, 0.3) is 0 Å². The van der Waals surface area contributed by atoms with E-state index in [0.717, 1.165) is 4.57 Å². The monoisotopic (exact) mass is 297 g/mol. The largest absolute Gasteiger partial charge is 0.477 e. The highest BCUT2D eigenvalue weighted by atomic mass is 35.5. The second-order valence-electron chi connectivity index (χ2n) is 3.84. The van der Waals surface area contributed by atoms with Crippen molar-refractivity contribution in [2.45, 2.75) is 6.54 Å². The number of aromatic carboxylic acids is 1. The molecular formula is C13H9Cl2NO3. The molecule has 0 radical (unpaired) electrons. The van der Waals surface area contributed by atoms with Crippen molar-refractivity contribution in [1.82, 2.24) is 4.57 Å². The summed E-state index contributed by atoms with van der Waals surface area (Å²) in [4.78, 5) is 22.9. The highest BCUT2D eigenvalue weighted by Crippen LogP contribution is 2.25. The number of carboxylic acids is 1. The van der Waals surface area contributed by atoms with Crippen molar-refractivity contribution in [3.63, 3.8) is 0 Å². The number of carboxylic acid groups (broad SMARTS) is 1. The van der Waals surface area contributed by atoms with Gasteiger partial charge in [0.25, 0.3) is 5.56 Å². The van der Waals surface area contributed by atoms with Gasteiger partial charge in [0.15, 0.2) is 0 Å². The molecule has 1 aromatic carbocycles. The molecule has 0 amide bonds. The number of nitrogens with zero attached hydrogens (tertiary/aromatic N) is 1. The first-order chi connectivity index (χ1) is 9.00. The fraction of sp³-hybridized carbons (Fsp3) is 0.0769. The number of pyridine rings is 1. The van der Waals surface area contributed by atoms with E-state index in [1.54, 1.807) is 18.2 Å². The van der Waals surface area contributed by atoms with Gasteiger partial charge in [-0.15, -0.1) is 0 Å². The summed E-state index contributed by atoms with van der Waals surface area (Å²) in [6, 6.07) is 9.00. The molecule has 0 unspecified atom stereocenters. The summed E-state index contributed by atoms with van der Waals surface area (Å²) in [5.74, 6) is -1.18. The minimum atomic E-state index is -1.18. The van der Waals surface area contributed by atoms with E-state index in [2.05, 4.69) is 0 Å². The molecule has 1 N–H and O–H groups in total. The van der Waals surface area contributed by atoms with Gasteiger partial charge < -0.3 is 5.11 Å². The van der Waals surface area contributed by atoms with Crippen molar-refractivity contribution in [2.24, 2.45) is 0 Å². The number of aromatic nitrogens is 1. The van der Waals surface area contributed by atoms with Gasteiger partial charge in [-0.2, -0.15) is 0 Å². The van der Waals surface area contributed by atoms with Gasteiger partial charge >= 0.3 is 5.97 Å². The van der Waals surface area contributed by atoms with Crippen LogP contribution in [0.5, 0.6) is 0 Å². The minimum absolute atomic E-state index is 0.0137. The molecule has 2 rings (SSSR count). The summed E-state index contributed by atoms with van der Waals surface area (Å²) >= 11 is 12.0. The summed E-state index contributed by atoms with van der Waals surface area (Å²) in [5, 5.41) is 9.86. The van der Waals surface area contributed by atoms with Gasteiger partial charge in [-0.3, -0.25) is 9.36 Å². The number of hydrogen-bond donors (Lipinski definition) is 1. The maximum Gasteiger partial charge on any atom is 0.352 e. The minimum Gasteiger partial charge on any atom is -0.477 e. The summed E-state index contributed by atoms with van der Waals surface area (Å²) < 4.78 is 1.12. The van der Waals surface area contributed by atoms with Gasteiger partial charge in [0.1, 0.15) is 5.69 Å². The second kappa shape index (κ2) is 5.47. The third-order valence-electron chi connectivity index (χ3n) is 2.65. The van der Waals surface area contributed by atoms with Crippen LogP contribution in [0.1, 0.15) is 16.1 Å². The molecule has 0 fully saturated rings. The highest BCUT2D eigenvalue weighted by Gasteiger charge is 2.13. The smallest absolute Gasteiger partial charge is 0.352 e. The van der Waals surface area contributed by atoms with Gasteiger partial charge in [0.2, 0.25) is 0 Å². The lowest BCUT2D eigenvalue weighted by atomic mass is 10.2. The Balaban J connectivity index is 2.56. The molecule has 19 heavy (non-hydrogen) atoms. The van der Waals surface area contributed by atoms with Crippen LogP contribution < -0.4 is 5.56 Å². The van der Waals surface area contributed by atoms with Gasteiger partial charge in [-0.05, 0) is 18.2 Å². The van der Waals surface area contributed by atoms with Crippen LogP contribution in [0.15, 0.2) is 41.2 Å². The van der Waals surface area contributed by atoms with Crippen molar-refractivity contribution >= 4 is 29.2 Å². The van der Waals surface area contributed by atoms with E-state index in [9.17, 15) is 9.59 Å². The lowest BCUT2D eigenvalue weighted by molar-refractivity contribution is 0.0684. The number of carbonyl (C=O) groups is 1. The Morgan fingerprint density at radius 1 is 1.11 bits per heavy atom. The lowest BCUT2D eigenvalue weighted by Crippen LogP contribution is -2.25. The zero-order chi connectivity index (χ0) is 14.0. The number of halogens is 2. The molecule has 0 aliphatic rings. The molecule has 0 aliphatic carbocycles. The maximum absolute atomic E-state index is 11.8. The first-order valence-electron chi connectivity index (χ1n) is 5.36. The summed E-state index contributed by atoms with van der Waals surface area (Å²) in [7, 11) is 0. The molecule has 2 aromatic rings. The predicted molar refractivity (Wildman–Crippen MR) is 73.2 cm³/mol. The number of hydrogen-bond acceptors (Lipinski definition) is 2. The van der Waals surface area contributed by atoms with Crippen LogP contribution in [0.3, 0.4) is 0 Å². The standard InChI is InChI=1S/C13H9Cl2NO3/c14-9-3-1-4-10(15)8(9)7-16-11(13(18)19)5-2-6-12(16)17/h1-6H,7H2,(H,18,19). The summed E-state index contributed by atoms with van der Waals surface area (Å²) in [5.41, 5.74) is -0.0130. The fourth-order valence-electron chi connectivity index (χ4n) is 1.71. The average Bonchev–Trinajstić information content (AvgIpc) is 2.35. The summed E-state index contributed by atoms with van der Waals surface area (Å²) in [6.07, 6.45) is 0. The first kappa shape index (κ1) is 13.6. The molecule has 0 bridgehead atoms. The van der Waals surface area contributed by atoms with Crippen LogP contribution in [0, 0.1) is 0 Å². The SMILES string of the molecule is O=C(O)c1cccc(=O)n1Cc1c(Cl)cccc1Cl. The van der Waals surface area contributed by atoms with Crippen molar-refractivity contribution in [3.05, 3.63) is 68.1 Å². The topological polar surface area (TPSA) is 59.3 Å². The third kappa shape index (κ3) is 2.80. The molecule has 0 saturated heterocycles. The van der Waals surface area contributed by atoms with E-state index in [1.165, 1.54) is 18.2 Å². The molecule has 0 saturated carbocycles. The molecule has 0 aliphatic heterocycles. The van der Waals surface area contributed by atoms with Gasteiger partial charge in [-0.25, -0.2) is 4.79 Å². The Morgan fingerprint density at radius 2 is 1.68 bits per heavy atom. The Morgan fingerprint density at radius 3 is 2.26 bits per heavy atom. The summed E-state index contributed by atoms with van der Waals surface area (Å²) in [6.45, 7) is 0.0137. The normalized spacial score (nSPS) is 10.4. The van der Waals surface area contributed by atoms with Crippen LogP contribution >= 0.6 is 23.2 Å². The molecule has 0 spiro atoms. The molecule has 98 valence electrons. The van der Waals surface area contributed by atoms with E-state index < -0.39 is 11.5 Å². The maximum atomic E-state index is 11.8. The van der Waals surface area contributed by atoms with E-state index in [0.29, 0.717) is 15.6 Å². The quantitative estimate of drug-likeness (QED) is 0.947. The first-order valence-corrected chi connectivity index (χ1v) is 6.12. The zero-order valence-corrected chi connectivity index (χ0v) is 11.1. The van der Waals surface area contributed by atoms with Gasteiger partial charge in [0.05, 0.1) is 6.54 Å². The molecule has 1 aromatic heterocycles. The van der Waals surface area contributed by atoms with E-state index in [4.69, 9.17) is 28.3 Å². The van der Waals surface area contributed by atoms with E-state index in [-0.39, 0.29) is 12.2 Å². The van der Waals surface area contributed by atoms with E-state index >= 15 is 0 Å². The Hall–Kier alpha value is -1.78. The van der Waals surface area contributed by atoms with E-state index in [1.807, 2.05) is 0 Å². The number of rotatable bonds is 3.